The first-order valence-corrected chi connectivity index (χ1v) is 7.13. The standard InChI is InChI=1S/C16H23F2N/c1-11(2)12-6-8-16(19,9-7-12)10-13-14(17)4-3-5-15(13)18/h3-5,11-12H,6-10,19H2,1-2H3. The minimum absolute atomic E-state index is 0.146. The van der Waals surface area contributed by atoms with Crippen LogP contribution >= 0.6 is 0 Å². The van der Waals surface area contributed by atoms with Crippen molar-refractivity contribution in [2.75, 3.05) is 0 Å². The maximum atomic E-state index is 13.7. The van der Waals surface area contributed by atoms with Crippen molar-refractivity contribution in [1.82, 2.24) is 0 Å². The van der Waals surface area contributed by atoms with Crippen molar-refractivity contribution in [3.05, 3.63) is 35.4 Å². The van der Waals surface area contributed by atoms with E-state index in [2.05, 4.69) is 13.8 Å². The normalized spacial score (nSPS) is 27.8. The molecule has 19 heavy (non-hydrogen) atoms. The average molecular weight is 267 g/mol. The highest BCUT2D eigenvalue weighted by Crippen LogP contribution is 2.36. The number of halogens is 2. The summed E-state index contributed by atoms with van der Waals surface area (Å²) in [5.74, 6) is 0.406. The minimum Gasteiger partial charge on any atom is -0.325 e. The predicted molar refractivity (Wildman–Crippen MR) is 73.8 cm³/mol. The molecule has 106 valence electrons. The van der Waals surface area contributed by atoms with Gasteiger partial charge in [-0.1, -0.05) is 19.9 Å². The van der Waals surface area contributed by atoms with Gasteiger partial charge in [0.1, 0.15) is 11.6 Å². The number of rotatable bonds is 3. The lowest BCUT2D eigenvalue weighted by molar-refractivity contribution is 0.192. The van der Waals surface area contributed by atoms with Gasteiger partial charge < -0.3 is 5.73 Å². The Hall–Kier alpha value is -0.960. The van der Waals surface area contributed by atoms with E-state index in [0.29, 0.717) is 18.3 Å². The summed E-state index contributed by atoms with van der Waals surface area (Å²) in [5.41, 5.74) is 6.05. The molecular weight excluding hydrogens is 244 g/mol. The molecule has 1 nitrogen and oxygen atoms in total. The van der Waals surface area contributed by atoms with E-state index in [9.17, 15) is 8.78 Å². The largest absolute Gasteiger partial charge is 0.325 e. The summed E-state index contributed by atoms with van der Waals surface area (Å²) < 4.78 is 27.4. The summed E-state index contributed by atoms with van der Waals surface area (Å²) in [4.78, 5) is 0. The summed E-state index contributed by atoms with van der Waals surface area (Å²) in [6.45, 7) is 4.45. The van der Waals surface area contributed by atoms with Crippen molar-refractivity contribution in [2.45, 2.75) is 51.5 Å². The Labute approximate surface area is 114 Å². The van der Waals surface area contributed by atoms with Gasteiger partial charge in [0.25, 0.3) is 0 Å². The lowest BCUT2D eigenvalue weighted by Gasteiger charge is -2.38. The first-order valence-electron chi connectivity index (χ1n) is 7.13. The van der Waals surface area contributed by atoms with Crippen molar-refractivity contribution >= 4 is 0 Å². The van der Waals surface area contributed by atoms with Crippen LogP contribution in [0.25, 0.3) is 0 Å². The highest BCUT2D eigenvalue weighted by atomic mass is 19.1. The zero-order valence-corrected chi connectivity index (χ0v) is 11.8. The Morgan fingerprint density at radius 1 is 1.21 bits per heavy atom. The van der Waals surface area contributed by atoms with Crippen LogP contribution in [0.2, 0.25) is 0 Å². The molecule has 0 bridgehead atoms. The molecule has 2 rings (SSSR count). The van der Waals surface area contributed by atoms with Gasteiger partial charge in [-0.2, -0.15) is 0 Å². The fourth-order valence-corrected chi connectivity index (χ4v) is 3.11. The Kier molecular flexibility index (Phi) is 4.24. The molecule has 2 N–H and O–H groups in total. The molecule has 1 aromatic rings. The Morgan fingerprint density at radius 3 is 2.21 bits per heavy atom. The second-order valence-corrected chi connectivity index (χ2v) is 6.32. The molecule has 0 saturated heterocycles. The monoisotopic (exact) mass is 267 g/mol. The number of benzene rings is 1. The van der Waals surface area contributed by atoms with E-state index in [1.54, 1.807) is 0 Å². The van der Waals surface area contributed by atoms with Crippen molar-refractivity contribution in [1.29, 1.82) is 0 Å². The van der Waals surface area contributed by atoms with Crippen LogP contribution in [0, 0.1) is 23.5 Å². The van der Waals surface area contributed by atoms with Gasteiger partial charge in [-0.15, -0.1) is 0 Å². The van der Waals surface area contributed by atoms with Crippen molar-refractivity contribution in [2.24, 2.45) is 17.6 Å². The molecule has 0 aliphatic heterocycles. The van der Waals surface area contributed by atoms with Crippen LogP contribution in [0.5, 0.6) is 0 Å². The minimum atomic E-state index is -0.476. The number of hydrogen-bond donors (Lipinski definition) is 1. The van der Waals surface area contributed by atoms with Gasteiger partial charge in [0, 0.05) is 11.1 Å². The topological polar surface area (TPSA) is 26.0 Å². The molecule has 1 aliphatic rings. The van der Waals surface area contributed by atoms with Crippen LogP contribution in [-0.2, 0) is 6.42 Å². The fraction of sp³-hybridized carbons (Fsp3) is 0.625. The quantitative estimate of drug-likeness (QED) is 0.878. The fourth-order valence-electron chi connectivity index (χ4n) is 3.11. The van der Waals surface area contributed by atoms with Gasteiger partial charge in [0.05, 0.1) is 0 Å². The maximum Gasteiger partial charge on any atom is 0.129 e. The first-order chi connectivity index (χ1) is 8.91. The van der Waals surface area contributed by atoms with Crippen LogP contribution in [0.4, 0.5) is 8.78 Å². The lowest BCUT2D eigenvalue weighted by Crippen LogP contribution is -2.46. The third kappa shape index (κ3) is 3.33. The van der Waals surface area contributed by atoms with Gasteiger partial charge >= 0.3 is 0 Å². The number of hydrogen-bond acceptors (Lipinski definition) is 1. The molecule has 1 fully saturated rings. The van der Waals surface area contributed by atoms with E-state index in [-0.39, 0.29) is 5.56 Å². The Balaban J connectivity index is 2.07. The van der Waals surface area contributed by atoms with Gasteiger partial charge in [-0.25, -0.2) is 8.78 Å². The summed E-state index contributed by atoms with van der Waals surface area (Å²) in [6.07, 6.45) is 4.12. The van der Waals surface area contributed by atoms with Crippen LogP contribution < -0.4 is 5.73 Å². The van der Waals surface area contributed by atoms with Gasteiger partial charge in [-0.05, 0) is 56.1 Å². The molecular formula is C16H23F2N. The molecule has 1 saturated carbocycles. The molecule has 3 heteroatoms. The van der Waals surface area contributed by atoms with Crippen LogP contribution in [0.15, 0.2) is 18.2 Å². The third-order valence-corrected chi connectivity index (χ3v) is 4.56. The van der Waals surface area contributed by atoms with Crippen LogP contribution in [-0.4, -0.2) is 5.54 Å². The van der Waals surface area contributed by atoms with Crippen LogP contribution in [0.3, 0.4) is 0 Å². The molecule has 0 atom stereocenters. The highest BCUT2D eigenvalue weighted by Gasteiger charge is 2.34. The van der Waals surface area contributed by atoms with E-state index >= 15 is 0 Å². The second kappa shape index (κ2) is 5.58. The smallest absolute Gasteiger partial charge is 0.129 e. The van der Waals surface area contributed by atoms with E-state index in [1.807, 2.05) is 0 Å². The summed E-state index contributed by atoms with van der Waals surface area (Å²) >= 11 is 0. The molecule has 0 heterocycles. The summed E-state index contributed by atoms with van der Waals surface area (Å²) in [5, 5.41) is 0. The zero-order valence-electron chi connectivity index (χ0n) is 11.8. The highest BCUT2D eigenvalue weighted by molar-refractivity contribution is 5.22. The Bertz CT molecular complexity index is 414. The molecule has 0 aromatic heterocycles. The third-order valence-electron chi connectivity index (χ3n) is 4.56. The van der Waals surface area contributed by atoms with E-state index in [0.717, 1.165) is 25.7 Å². The van der Waals surface area contributed by atoms with Gasteiger partial charge in [-0.3, -0.25) is 0 Å². The van der Waals surface area contributed by atoms with Crippen molar-refractivity contribution in [3.63, 3.8) is 0 Å². The van der Waals surface area contributed by atoms with E-state index in [4.69, 9.17) is 5.73 Å². The molecule has 1 aliphatic carbocycles. The first kappa shape index (κ1) is 14.4. The molecule has 0 radical (unpaired) electrons. The van der Waals surface area contributed by atoms with Gasteiger partial charge in [0.2, 0.25) is 0 Å². The average Bonchev–Trinajstić information content (AvgIpc) is 2.35. The van der Waals surface area contributed by atoms with E-state index < -0.39 is 17.2 Å². The Morgan fingerprint density at radius 2 is 1.74 bits per heavy atom. The second-order valence-electron chi connectivity index (χ2n) is 6.32. The van der Waals surface area contributed by atoms with Gasteiger partial charge in [0.15, 0.2) is 0 Å². The van der Waals surface area contributed by atoms with E-state index in [1.165, 1.54) is 18.2 Å². The molecule has 1 aromatic carbocycles. The molecule has 0 amide bonds. The maximum absolute atomic E-state index is 13.7. The predicted octanol–water partition coefficient (Wildman–Crippen LogP) is 4.05. The molecule has 0 spiro atoms. The molecule has 0 unspecified atom stereocenters. The van der Waals surface area contributed by atoms with Crippen molar-refractivity contribution in [3.8, 4) is 0 Å². The summed E-state index contributed by atoms with van der Waals surface area (Å²) in [6, 6.07) is 4.01. The zero-order chi connectivity index (χ0) is 14.0. The van der Waals surface area contributed by atoms with Crippen molar-refractivity contribution < 1.29 is 8.78 Å². The lowest BCUT2D eigenvalue weighted by atomic mass is 9.71. The van der Waals surface area contributed by atoms with Crippen LogP contribution in [0.1, 0.15) is 45.1 Å². The SMILES string of the molecule is CC(C)C1CCC(N)(Cc2c(F)cccc2F)CC1. The summed E-state index contributed by atoms with van der Waals surface area (Å²) in [7, 11) is 0. The number of nitrogens with two attached hydrogens (primary N) is 1.